The van der Waals surface area contributed by atoms with E-state index in [1.807, 2.05) is 24.3 Å². The van der Waals surface area contributed by atoms with Crippen molar-refractivity contribution in [3.63, 3.8) is 0 Å². The molecular formula is C12H15NO3. The van der Waals surface area contributed by atoms with Crippen LogP contribution in [0.1, 0.15) is 18.4 Å². The molecule has 16 heavy (non-hydrogen) atoms. The summed E-state index contributed by atoms with van der Waals surface area (Å²) in [6, 6.07) is 7.99. The Balaban J connectivity index is 1.94. The number of nitrogens with one attached hydrogen (secondary N) is 1. The second-order valence-electron chi connectivity index (χ2n) is 3.93. The molecule has 0 bridgehead atoms. The van der Waals surface area contributed by atoms with Gasteiger partial charge in [0.15, 0.2) is 0 Å². The molecule has 0 saturated heterocycles. The first kappa shape index (κ1) is 11.0. The van der Waals surface area contributed by atoms with E-state index in [2.05, 4.69) is 5.32 Å². The molecule has 1 aromatic carbocycles. The van der Waals surface area contributed by atoms with Gasteiger partial charge in [0.25, 0.3) is 0 Å². The van der Waals surface area contributed by atoms with E-state index in [1.54, 1.807) is 0 Å². The Morgan fingerprint density at radius 2 is 2.31 bits per heavy atom. The van der Waals surface area contributed by atoms with Gasteiger partial charge >= 0.3 is 5.97 Å². The number of hydrogen-bond donors (Lipinski definition) is 2. The molecule has 0 amide bonds. The first-order valence-corrected chi connectivity index (χ1v) is 5.41. The number of aliphatic carboxylic acids is 1. The molecule has 1 aliphatic rings. The van der Waals surface area contributed by atoms with Crippen molar-refractivity contribution >= 4 is 5.97 Å². The summed E-state index contributed by atoms with van der Waals surface area (Å²) in [6.45, 7) is 1.27. The Kier molecular flexibility index (Phi) is 3.41. The fourth-order valence-corrected chi connectivity index (χ4v) is 1.78. The van der Waals surface area contributed by atoms with Crippen LogP contribution in [0.5, 0.6) is 5.75 Å². The van der Waals surface area contributed by atoms with Crippen LogP contribution in [0.3, 0.4) is 0 Å². The van der Waals surface area contributed by atoms with E-state index < -0.39 is 5.97 Å². The largest absolute Gasteiger partial charge is 0.492 e. The molecule has 0 spiro atoms. The third-order valence-corrected chi connectivity index (χ3v) is 2.70. The minimum absolute atomic E-state index is 0.114. The first-order chi connectivity index (χ1) is 7.75. The van der Waals surface area contributed by atoms with Gasteiger partial charge in [-0.05, 0) is 12.5 Å². The maximum absolute atomic E-state index is 10.5. The van der Waals surface area contributed by atoms with Gasteiger partial charge in [-0.3, -0.25) is 4.79 Å². The number of para-hydroxylation sites is 1. The highest BCUT2D eigenvalue weighted by Crippen LogP contribution is 2.20. The minimum atomic E-state index is -0.761. The molecule has 0 aliphatic carbocycles. The summed E-state index contributed by atoms with van der Waals surface area (Å²) in [5, 5.41) is 11.9. The predicted octanol–water partition coefficient (Wildman–Crippen LogP) is 1.40. The topological polar surface area (TPSA) is 58.6 Å². The molecule has 1 unspecified atom stereocenters. The van der Waals surface area contributed by atoms with Crippen LogP contribution < -0.4 is 10.1 Å². The molecule has 2 N–H and O–H groups in total. The summed E-state index contributed by atoms with van der Waals surface area (Å²) in [6.07, 6.45) is 0.778. The van der Waals surface area contributed by atoms with E-state index in [-0.39, 0.29) is 12.5 Å². The van der Waals surface area contributed by atoms with Gasteiger partial charge in [0.2, 0.25) is 0 Å². The Morgan fingerprint density at radius 1 is 1.50 bits per heavy atom. The highest BCUT2D eigenvalue weighted by Gasteiger charge is 2.16. The van der Waals surface area contributed by atoms with Gasteiger partial charge in [-0.2, -0.15) is 0 Å². The van der Waals surface area contributed by atoms with Crippen molar-refractivity contribution in [2.24, 2.45) is 0 Å². The van der Waals surface area contributed by atoms with Crippen LogP contribution >= 0.6 is 0 Å². The highest BCUT2D eigenvalue weighted by atomic mass is 16.5. The lowest BCUT2D eigenvalue weighted by atomic mass is 10.1. The fourth-order valence-electron chi connectivity index (χ4n) is 1.78. The number of carboxylic acids is 1. The van der Waals surface area contributed by atoms with Crippen LogP contribution in [0.4, 0.5) is 0 Å². The molecule has 1 aliphatic heterocycles. The Morgan fingerprint density at radius 3 is 3.12 bits per heavy atom. The zero-order valence-corrected chi connectivity index (χ0v) is 8.98. The summed E-state index contributed by atoms with van der Waals surface area (Å²) < 4.78 is 5.64. The molecule has 0 saturated carbocycles. The van der Waals surface area contributed by atoms with Crippen molar-refractivity contribution in [2.45, 2.75) is 25.4 Å². The van der Waals surface area contributed by atoms with E-state index in [0.717, 1.165) is 17.9 Å². The van der Waals surface area contributed by atoms with E-state index in [1.165, 1.54) is 0 Å². The fraction of sp³-hybridized carbons (Fsp3) is 0.417. The maximum atomic E-state index is 10.5. The Labute approximate surface area is 94.2 Å². The highest BCUT2D eigenvalue weighted by molar-refractivity contribution is 5.66. The van der Waals surface area contributed by atoms with E-state index in [9.17, 15) is 4.79 Å². The van der Waals surface area contributed by atoms with Gasteiger partial charge in [0, 0.05) is 24.6 Å². The van der Waals surface area contributed by atoms with Crippen LogP contribution in [-0.2, 0) is 11.3 Å². The number of hydrogen-bond acceptors (Lipinski definition) is 3. The smallest absolute Gasteiger partial charge is 0.303 e. The van der Waals surface area contributed by atoms with Crippen LogP contribution in [0.2, 0.25) is 0 Å². The second-order valence-corrected chi connectivity index (χ2v) is 3.93. The number of carbonyl (C=O) groups is 1. The van der Waals surface area contributed by atoms with Crippen LogP contribution in [0.15, 0.2) is 24.3 Å². The maximum Gasteiger partial charge on any atom is 0.303 e. The molecule has 0 aromatic heterocycles. The van der Waals surface area contributed by atoms with Crippen molar-refractivity contribution < 1.29 is 14.6 Å². The normalized spacial score (nSPS) is 19.4. The monoisotopic (exact) mass is 221 g/mol. The molecule has 4 heteroatoms. The SMILES string of the molecule is O=C(O)CCC1COc2ccccc2CN1. The molecule has 2 rings (SSSR count). The van der Waals surface area contributed by atoms with Crippen LogP contribution in [0.25, 0.3) is 0 Å². The molecule has 0 radical (unpaired) electrons. The summed E-state index contributed by atoms with van der Waals surface area (Å²) >= 11 is 0. The van der Waals surface area contributed by atoms with Crippen LogP contribution in [0, 0.1) is 0 Å². The second kappa shape index (κ2) is 4.99. The molecule has 4 nitrogen and oxygen atoms in total. The lowest BCUT2D eigenvalue weighted by molar-refractivity contribution is -0.137. The zero-order chi connectivity index (χ0) is 11.4. The average molecular weight is 221 g/mol. The zero-order valence-electron chi connectivity index (χ0n) is 8.98. The van der Waals surface area contributed by atoms with Crippen molar-refractivity contribution in [3.05, 3.63) is 29.8 Å². The third kappa shape index (κ3) is 2.73. The van der Waals surface area contributed by atoms with Gasteiger partial charge in [-0.15, -0.1) is 0 Å². The number of carboxylic acid groups (broad SMARTS) is 1. The van der Waals surface area contributed by atoms with Gasteiger partial charge in [-0.25, -0.2) is 0 Å². The lowest BCUT2D eigenvalue weighted by Gasteiger charge is -2.13. The number of rotatable bonds is 3. The molecule has 0 fully saturated rings. The Bertz CT molecular complexity index is 351. The van der Waals surface area contributed by atoms with E-state index in [4.69, 9.17) is 9.84 Å². The molecule has 1 atom stereocenters. The summed E-state index contributed by atoms with van der Waals surface area (Å²) in [5.41, 5.74) is 1.13. The molecule has 1 heterocycles. The summed E-state index contributed by atoms with van der Waals surface area (Å²) in [5.74, 6) is 0.136. The van der Waals surface area contributed by atoms with Gasteiger partial charge in [-0.1, -0.05) is 18.2 Å². The summed E-state index contributed by atoms with van der Waals surface area (Å²) in [7, 11) is 0. The average Bonchev–Trinajstić information content (AvgIpc) is 2.49. The van der Waals surface area contributed by atoms with Gasteiger partial charge < -0.3 is 15.2 Å². The molecular weight excluding hydrogens is 206 g/mol. The predicted molar refractivity (Wildman–Crippen MR) is 59.4 cm³/mol. The number of ether oxygens (including phenoxy) is 1. The van der Waals surface area contributed by atoms with Gasteiger partial charge in [0.05, 0.1) is 0 Å². The van der Waals surface area contributed by atoms with Gasteiger partial charge in [0.1, 0.15) is 12.4 Å². The van der Waals surface area contributed by atoms with Crippen LogP contribution in [-0.4, -0.2) is 23.7 Å². The van der Waals surface area contributed by atoms with E-state index >= 15 is 0 Å². The van der Waals surface area contributed by atoms with Crippen molar-refractivity contribution in [3.8, 4) is 5.75 Å². The Hall–Kier alpha value is -1.55. The standard InChI is InChI=1S/C12H15NO3/c14-12(15)6-5-10-8-16-11-4-2-1-3-9(11)7-13-10/h1-4,10,13H,5-8H2,(H,14,15). The number of benzene rings is 1. The molecule has 1 aromatic rings. The lowest BCUT2D eigenvalue weighted by Crippen LogP contribution is -2.32. The molecule has 86 valence electrons. The number of fused-ring (bicyclic) bond motifs is 1. The van der Waals surface area contributed by atoms with Crippen molar-refractivity contribution in [2.75, 3.05) is 6.61 Å². The summed E-state index contributed by atoms with van der Waals surface area (Å²) in [4.78, 5) is 10.5. The third-order valence-electron chi connectivity index (χ3n) is 2.70. The quantitative estimate of drug-likeness (QED) is 0.810. The van der Waals surface area contributed by atoms with Crippen molar-refractivity contribution in [1.82, 2.24) is 5.32 Å². The first-order valence-electron chi connectivity index (χ1n) is 5.41. The minimum Gasteiger partial charge on any atom is -0.492 e. The van der Waals surface area contributed by atoms with E-state index in [0.29, 0.717) is 13.0 Å². The van der Waals surface area contributed by atoms with Crippen molar-refractivity contribution in [1.29, 1.82) is 0 Å².